The number of alkyl halides is 2. The first-order chi connectivity index (χ1) is 10.3. The van der Waals surface area contributed by atoms with Crippen molar-refractivity contribution in [2.75, 3.05) is 26.7 Å². The van der Waals surface area contributed by atoms with E-state index in [1.165, 1.54) is 17.3 Å². The molecule has 0 radical (unpaired) electrons. The van der Waals surface area contributed by atoms with Gasteiger partial charge in [0.05, 0.1) is 12.0 Å². The highest BCUT2D eigenvalue weighted by atomic mass is 19.3. The Labute approximate surface area is 126 Å². The summed E-state index contributed by atoms with van der Waals surface area (Å²) in [4.78, 5) is 34.7. The van der Waals surface area contributed by atoms with Crippen LogP contribution >= 0.6 is 0 Å². The van der Waals surface area contributed by atoms with Crippen molar-refractivity contribution in [1.82, 2.24) is 19.8 Å². The Balaban J connectivity index is 1.90. The van der Waals surface area contributed by atoms with E-state index in [4.69, 9.17) is 0 Å². The molecule has 3 rings (SSSR count). The molecular formula is C14H16F2N4O2. The predicted molar refractivity (Wildman–Crippen MR) is 72.2 cm³/mol. The summed E-state index contributed by atoms with van der Waals surface area (Å²) in [5, 5.41) is 0. The van der Waals surface area contributed by atoms with Crippen LogP contribution in [0, 0.1) is 5.41 Å². The number of nitrogens with zero attached hydrogens (tertiary/aromatic N) is 4. The van der Waals surface area contributed by atoms with E-state index in [1.807, 2.05) is 0 Å². The lowest BCUT2D eigenvalue weighted by molar-refractivity contribution is -0.150. The van der Waals surface area contributed by atoms with Crippen LogP contribution in [0.15, 0.2) is 18.5 Å². The van der Waals surface area contributed by atoms with Gasteiger partial charge in [0, 0.05) is 39.0 Å². The molecular weight excluding hydrogens is 294 g/mol. The molecule has 2 aliphatic rings. The number of aromatic nitrogens is 2. The van der Waals surface area contributed by atoms with Gasteiger partial charge in [-0.3, -0.25) is 9.59 Å². The normalized spacial score (nSPS) is 27.5. The average Bonchev–Trinajstić information content (AvgIpc) is 2.74. The molecule has 2 amide bonds. The third-order valence-electron chi connectivity index (χ3n) is 4.28. The summed E-state index contributed by atoms with van der Waals surface area (Å²) in [7, 11) is 1.59. The quantitative estimate of drug-likeness (QED) is 0.770. The van der Waals surface area contributed by atoms with Crippen LogP contribution in [0.25, 0.3) is 0 Å². The number of likely N-dealkylation sites (tertiary alicyclic amines) is 2. The first-order valence-electron chi connectivity index (χ1n) is 7.03. The number of hydrogen-bond acceptors (Lipinski definition) is 4. The summed E-state index contributed by atoms with van der Waals surface area (Å²) in [6.45, 7) is -0.287. The molecule has 118 valence electrons. The van der Waals surface area contributed by atoms with Gasteiger partial charge < -0.3 is 9.80 Å². The third-order valence-corrected chi connectivity index (χ3v) is 4.28. The van der Waals surface area contributed by atoms with Crippen molar-refractivity contribution >= 4 is 11.8 Å². The Hall–Kier alpha value is -2.12. The molecule has 0 bridgehead atoms. The van der Waals surface area contributed by atoms with E-state index >= 15 is 0 Å². The van der Waals surface area contributed by atoms with Gasteiger partial charge in [-0.05, 0) is 12.5 Å². The van der Waals surface area contributed by atoms with Crippen molar-refractivity contribution in [2.24, 2.45) is 5.41 Å². The summed E-state index contributed by atoms with van der Waals surface area (Å²) in [5.41, 5.74) is -1.19. The highest BCUT2D eigenvalue weighted by Crippen LogP contribution is 2.45. The number of carbonyl (C=O) groups is 2. The third kappa shape index (κ3) is 2.42. The second-order valence-corrected chi connectivity index (χ2v) is 6.02. The van der Waals surface area contributed by atoms with Crippen LogP contribution in [0.1, 0.15) is 23.5 Å². The molecule has 0 saturated carbocycles. The Bertz CT molecular complexity index is 610. The van der Waals surface area contributed by atoms with Gasteiger partial charge in [-0.25, -0.2) is 18.7 Å². The molecule has 2 saturated heterocycles. The molecule has 1 atom stereocenters. The topological polar surface area (TPSA) is 66.4 Å². The second kappa shape index (κ2) is 4.96. The first kappa shape index (κ1) is 14.8. The molecule has 0 aromatic carbocycles. The molecule has 22 heavy (non-hydrogen) atoms. The lowest BCUT2D eigenvalue weighted by Crippen LogP contribution is -2.57. The Morgan fingerprint density at radius 3 is 2.55 bits per heavy atom. The Morgan fingerprint density at radius 2 is 1.95 bits per heavy atom. The van der Waals surface area contributed by atoms with Crippen LogP contribution in [0.3, 0.4) is 0 Å². The van der Waals surface area contributed by atoms with E-state index in [2.05, 4.69) is 9.97 Å². The molecule has 1 aromatic rings. The fourth-order valence-electron chi connectivity index (χ4n) is 3.31. The number of carbonyl (C=O) groups excluding carboxylic acids is 2. The molecule has 6 nitrogen and oxygen atoms in total. The molecule has 8 heteroatoms. The monoisotopic (exact) mass is 310 g/mol. The van der Waals surface area contributed by atoms with E-state index in [0.29, 0.717) is 13.0 Å². The molecule has 0 N–H and O–H groups in total. The fraction of sp³-hybridized carbons (Fsp3) is 0.571. The van der Waals surface area contributed by atoms with Crippen LogP contribution < -0.4 is 0 Å². The van der Waals surface area contributed by atoms with Crippen LogP contribution in [0.5, 0.6) is 0 Å². The lowest BCUT2D eigenvalue weighted by Gasteiger charge is -2.42. The molecule has 1 aromatic heterocycles. The Morgan fingerprint density at radius 1 is 1.27 bits per heavy atom. The zero-order valence-electron chi connectivity index (χ0n) is 12.1. The molecule has 0 aliphatic carbocycles. The van der Waals surface area contributed by atoms with Crippen LogP contribution in [-0.2, 0) is 4.79 Å². The average molecular weight is 310 g/mol. The van der Waals surface area contributed by atoms with E-state index in [9.17, 15) is 18.4 Å². The van der Waals surface area contributed by atoms with E-state index < -0.39 is 30.2 Å². The van der Waals surface area contributed by atoms with Crippen molar-refractivity contribution in [3.05, 3.63) is 24.3 Å². The van der Waals surface area contributed by atoms with Crippen molar-refractivity contribution in [1.29, 1.82) is 0 Å². The van der Waals surface area contributed by atoms with Gasteiger partial charge in [-0.2, -0.15) is 0 Å². The number of piperidine rings is 1. The summed E-state index contributed by atoms with van der Waals surface area (Å²) < 4.78 is 28.2. The highest BCUT2D eigenvalue weighted by Gasteiger charge is 2.57. The van der Waals surface area contributed by atoms with Gasteiger partial charge in [0.25, 0.3) is 11.8 Å². The maximum absolute atomic E-state index is 14.1. The lowest BCUT2D eigenvalue weighted by atomic mass is 9.77. The molecule has 2 fully saturated rings. The minimum atomic E-state index is -3.09. The van der Waals surface area contributed by atoms with E-state index in [0.717, 1.165) is 4.90 Å². The second-order valence-electron chi connectivity index (χ2n) is 6.02. The predicted octanol–water partition coefficient (Wildman–Crippen LogP) is 0.806. The maximum atomic E-state index is 14.1. The van der Waals surface area contributed by atoms with Crippen LogP contribution in [0.2, 0.25) is 0 Å². The van der Waals surface area contributed by atoms with Gasteiger partial charge in [0.2, 0.25) is 11.7 Å². The highest BCUT2D eigenvalue weighted by molar-refractivity contribution is 5.92. The summed E-state index contributed by atoms with van der Waals surface area (Å²) in [5.74, 6) is -4.21. The maximum Gasteiger partial charge on any atom is 0.291 e. The summed E-state index contributed by atoms with van der Waals surface area (Å²) in [6.07, 6.45) is 2.58. The van der Waals surface area contributed by atoms with Gasteiger partial charge in [0.15, 0.2) is 0 Å². The molecule has 1 spiro atoms. The van der Waals surface area contributed by atoms with Gasteiger partial charge in [-0.15, -0.1) is 0 Å². The minimum absolute atomic E-state index is 0.0111. The van der Waals surface area contributed by atoms with E-state index in [-0.39, 0.29) is 18.3 Å². The number of hydrogen-bond donors (Lipinski definition) is 0. The molecule has 2 aliphatic heterocycles. The van der Waals surface area contributed by atoms with E-state index in [1.54, 1.807) is 13.1 Å². The minimum Gasteiger partial charge on any atom is -0.345 e. The van der Waals surface area contributed by atoms with Crippen molar-refractivity contribution < 1.29 is 18.4 Å². The largest absolute Gasteiger partial charge is 0.345 e. The SMILES string of the molecule is CN1CC[C@@]2(CN(C(=O)c3ncccn3)CC(F)(F)C2)C1=O. The number of amides is 2. The number of rotatable bonds is 1. The zero-order chi connectivity index (χ0) is 16.0. The first-order valence-corrected chi connectivity index (χ1v) is 7.03. The van der Waals surface area contributed by atoms with Crippen molar-refractivity contribution in [2.45, 2.75) is 18.8 Å². The Kier molecular flexibility index (Phi) is 3.34. The standard InChI is InChI=1S/C14H16F2N4O2/c1-19-6-3-13(12(19)22)7-14(15,16)9-20(8-13)11(21)10-17-4-2-5-18-10/h2,4-5H,3,6-9H2,1H3/t13-/m1/s1. The summed E-state index contributed by atoms with van der Waals surface area (Å²) >= 11 is 0. The smallest absolute Gasteiger partial charge is 0.291 e. The van der Waals surface area contributed by atoms with Gasteiger partial charge >= 0.3 is 0 Å². The van der Waals surface area contributed by atoms with Crippen LogP contribution in [-0.4, -0.2) is 64.2 Å². The van der Waals surface area contributed by atoms with Crippen LogP contribution in [0.4, 0.5) is 8.78 Å². The van der Waals surface area contributed by atoms with Crippen molar-refractivity contribution in [3.8, 4) is 0 Å². The number of halogens is 2. The summed E-state index contributed by atoms with van der Waals surface area (Å²) in [6, 6.07) is 1.54. The molecule has 0 unspecified atom stereocenters. The van der Waals surface area contributed by atoms with Gasteiger partial charge in [0.1, 0.15) is 0 Å². The fourth-order valence-corrected chi connectivity index (χ4v) is 3.31. The molecule has 3 heterocycles. The van der Waals surface area contributed by atoms with Gasteiger partial charge in [-0.1, -0.05) is 0 Å². The zero-order valence-corrected chi connectivity index (χ0v) is 12.1. The van der Waals surface area contributed by atoms with Crippen molar-refractivity contribution in [3.63, 3.8) is 0 Å².